The Bertz CT molecular complexity index is 273. The van der Waals surface area contributed by atoms with Gasteiger partial charge in [0.25, 0.3) is 5.82 Å². The molecule has 0 amide bonds. The van der Waals surface area contributed by atoms with Crippen LogP contribution in [0.1, 0.15) is 0 Å². The Morgan fingerprint density at radius 1 is 1.64 bits per heavy atom. The summed E-state index contributed by atoms with van der Waals surface area (Å²) >= 11 is 0. The first kappa shape index (κ1) is 7.53. The molecule has 0 aliphatic heterocycles. The van der Waals surface area contributed by atoms with E-state index in [4.69, 9.17) is 10.8 Å². The molecule has 58 valence electrons. The minimum atomic E-state index is -0.895. The maximum absolute atomic E-state index is 10.2. The number of nitrogen functional groups attached to an aromatic ring is 1. The Kier molecular flexibility index (Phi) is 2.06. The number of carboxylic acids is 1. The van der Waals surface area contributed by atoms with E-state index in [0.29, 0.717) is 5.82 Å². The van der Waals surface area contributed by atoms with E-state index < -0.39 is 5.97 Å². The van der Waals surface area contributed by atoms with E-state index in [9.17, 15) is 4.79 Å². The molecule has 0 bridgehead atoms. The van der Waals surface area contributed by atoms with E-state index in [1.165, 1.54) is 4.57 Å². The Labute approximate surface area is 63.9 Å². The van der Waals surface area contributed by atoms with E-state index >= 15 is 0 Å². The van der Waals surface area contributed by atoms with Crippen molar-refractivity contribution in [3.63, 3.8) is 0 Å². The molecule has 0 radical (unpaired) electrons. The first-order chi connectivity index (χ1) is 5.20. The van der Waals surface area contributed by atoms with Crippen LogP contribution in [0, 0.1) is 0 Å². The highest BCUT2D eigenvalue weighted by Gasteiger charge is 2.05. The number of carboxylic acid groups (broad SMARTS) is 1. The Morgan fingerprint density at radius 3 is 2.91 bits per heavy atom. The van der Waals surface area contributed by atoms with Crippen molar-refractivity contribution < 1.29 is 14.5 Å². The van der Waals surface area contributed by atoms with Crippen LogP contribution in [0.3, 0.4) is 0 Å². The van der Waals surface area contributed by atoms with Gasteiger partial charge in [-0.25, -0.2) is 9.36 Å². The highest BCUT2D eigenvalue weighted by molar-refractivity contribution is 5.64. The van der Waals surface area contributed by atoms with Crippen molar-refractivity contribution in [2.24, 2.45) is 0 Å². The normalized spacial score (nSPS) is 9.45. The van der Waals surface area contributed by atoms with Gasteiger partial charge in [-0.3, -0.25) is 5.73 Å². The van der Waals surface area contributed by atoms with Crippen molar-refractivity contribution in [2.75, 3.05) is 5.73 Å². The standard InChI is InChI=1S/C7H8N2O2/c8-6-3-1-2-4-9(6)5-7(10)11/h1-4,8H,5H2,(H,10,11)/p+1. The van der Waals surface area contributed by atoms with Crippen LogP contribution in [-0.4, -0.2) is 11.1 Å². The molecule has 0 aliphatic rings. The number of nitrogens with zero attached hydrogens (tertiary/aromatic N) is 1. The Hall–Kier alpha value is -1.58. The first-order valence-corrected chi connectivity index (χ1v) is 3.16. The van der Waals surface area contributed by atoms with Gasteiger partial charge in [-0.05, 0) is 6.07 Å². The quantitative estimate of drug-likeness (QED) is 0.570. The zero-order valence-corrected chi connectivity index (χ0v) is 5.90. The van der Waals surface area contributed by atoms with E-state index in [0.717, 1.165) is 0 Å². The van der Waals surface area contributed by atoms with Gasteiger partial charge >= 0.3 is 5.97 Å². The van der Waals surface area contributed by atoms with Crippen molar-refractivity contribution in [3.05, 3.63) is 24.4 Å². The number of hydrogen-bond acceptors (Lipinski definition) is 2. The minimum absolute atomic E-state index is 0.0906. The molecule has 0 aliphatic carbocycles. The Morgan fingerprint density at radius 2 is 2.36 bits per heavy atom. The minimum Gasteiger partial charge on any atom is -0.478 e. The summed E-state index contributed by atoms with van der Waals surface area (Å²) in [5, 5.41) is 8.41. The zero-order chi connectivity index (χ0) is 8.27. The molecule has 1 aromatic heterocycles. The molecule has 1 aromatic rings. The number of hydrogen-bond donors (Lipinski definition) is 2. The molecule has 1 rings (SSSR count). The highest BCUT2D eigenvalue weighted by atomic mass is 16.4. The molecule has 4 nitrogen and oxygen atoms in total. The van der Waals surface area contributed by atoms with Crippen molar-refractivity contribution in [1.29, 1.82) is 0 Å². The summed E-state index contributed by atoms with van der Waals surface area (Å²) in [5.41, 5.74) is 5.47. The molecule has 11 heavy (non-hydrogen) atoms. The molecular formula is C7H9N2O2+. The Balaban J connectivity index is 2.86. The van der Waals surface area contributed by atoms with Crippen LogP contribution < -0.4 is 10.3 Å². The van der Waals surface area contributed by atoms with Crippen molar-refractivity contribution in [3.8, 4) is 0 Å². The van der Waals surface area contributed by atoms with Gasteiger partial charge in [0.2, 0.25) is 0 Å². The summed E-state index contributed by atoms with van der Waals surface area (Å²) in [6.45, 7) is -0.0906. The molecule has 0 unspecified atom stereocenters. The molecule has 0 saturated carbocycles. The van der Waals surface area contributed by atoms with Crippen LogP contribution in [0.25, 0.3) is 0 Å². The van der Waals surface area contributed by atoms with E-state index in [-0.39, 0.29) is 6.54 Å². The summed E-state index contributed by atoms with van der Waals surface area (Å²) in [6.07, 6.45) is 1.63. The predicted molar refractivity (Wildman–Crippen MR) is 38.7 cm³/mol. The molecule has 0 atom stereocenters. The number of pyridine rings is 1. The number of anilines is 1. The van der Waals surface area contributed by atoms with Crippen LogP contribution in [0.4, 0.5) is 5.82 Å². The summed E-state index contributed by atoms with van der Waals surface area (Å²) in [5.74, 6) is -0.442. The van der Waals surface area contributed by atoms with Crippen LogP contribution >= 0.6 is 0 Å². The molecule has 0 spiro atoms. The van der Waals surface area contributed by atoms with Crippen LogP contribution in [-0.2, 0) is 11.3 Å². The smallest absolute Gasteiger partial charge is 0.346 e. The van der Waals surface area contributed by atoms with E-state index in [1.807, 2.05) is 0 Å². The van der Waals surface area contributed by atoms with Gasteiger partial charge in [-0.1, -0.05) is 6.07 Å². The fourth-order valence-electron chi connectivity index (χ4n) is 0.779. The lowest BCUT2D eigenvalue weighted by Crippen LogP contribution is -2.40. The third kappa shape index (κ3) is 1.93. The van der Waals surface area contributed by atoms with Gasteiger partial charge in [0.1, 0.15) is 0 Å². The van der Waals surface area contributed by atoms with Gasteiger partial charge in [0, 0.05) is 6.07 Å². The fraction of sp³-hybridized carbons (Fsp3) is 0.143. The third-order valence-electron chi connectivity index (χ3n) is 1.28. The second-order valence-electron chi connectivity index (χ2n) is 2.15. The summed E-state index contributed by atoms with van der Waals surface area (Å²) in [7, 11) is 0. The molecule has 3 N–H and O–H groups in total. The van der Waals surface area contributed by atoms with Gasteiger partial charge in [-0.15, -0.1) is 0 Å². The number of aliphatic carboxylic acids is 1. The number of rotatable bonds is 2. The SMILES string of the molecule is Nc1cccc[n+]1CC(=O)O. The second-order valence-corrected chi connectivity index (χ2v) is 2.15. The van der Waals surface area contributed by atoms with Crippen molar-refractivity contribution in [2.45, 2.75) is 6.54 Å². The second kappa shape index (κ2) is 3.01. The van der Waals surface area contributed by atoms with Gasteiger partial charge in [0.05, 0.1) is 6.20 Å². The summed E-state index contributed by atoms with van der Waals surface area (Å²) in [4.78, 5) is 10.2. The number of nitrogens with two attached hydrogens (primary N) is 1. The lowest BCUT2D eigenvalue weighted by molar-refractivity contribution is -0.671. The monoisotopic (exact) mass is 153 g/mol. The van der Waals surface area contributed by atoms with Crippen molar-refractivity contribution >= 4 is 11.8 Å². The first-order valence-electron chi connectivity index (χ1n) is 3.16. The van der Waals surface area contributed by atoms with Crippen LogP contribution in [0.15, 0.2) is 24.4 Å². The van der Waals surface area contributed by atoms with Crippen LogP contribution in [0.5, 0.6) is 0 Å². The maximum atomic E-state index is 10.2. The van der Waals surface area contributed by atoms with Gasteiger partial charge in [0.15, 0.2) is 6.54 Å². The fourth-order valence-corrected chi connectivity index (χ4v) is 0.779. The summed E-state index contributed by atoms with van der Waals surface area (Å²) < 4.78 is 1.46. The topological polar surface area (TPSA) is 67.2 Å². The lowest BCUT2D eigenvalue weighted by Gasteiger charge is -1.96. The molecule has 0 saturated heterocycles. The molecule has 0 fully saturated rings. The number of carbonyl (C=O) groups is 1. The van der Waals surface area contributed by atoms with Gasteiger partial charge in [-0.2, -0.15) is 0 Å². The van der Waals surface area contributed by atoms with Gasteiger partial charge < -0.3 is 5.11 Å². The average Bonchev–Trinajstić information content (AvgIpc) is 1.93. The largest absolute Gasteiger partial charge is 0.478 e. The molecule has 4 heteroatoms. The highest BCUT2D eigenvalue weighted by Crippen LogP contribution is 1.89. The zero-order valence-electron chi connectivity index (χ0n) is 5.90. The van der Waals surface area contributed by atoms with Crippen molar-refractivity contribution in [1.82, 2.24) is 0 Å². The molecule has 0 aromatic carbocycles. The maximum Gasteiger partial charge on any atom is 0.346 e. The third-order valence-corrected chi connectivity index (χ3v) is 1.28. The lowest BCUT2D eigenvalue weighted by atomic mass is 10.4. The average molecular weight is 153 g/mol. The number of aromatic nitrogens is 1. The molecule has 1 heterocycles. The summed E-state index contributed by atoms with van der Waals surface area (Å²) in [6, 6.07) is 5.15. The van der Waals surface area contributed by atoms with E-state index in [1.54, 1.807) is 24.4 Å². The van der Waals surface area contributed by atoms with Crippen LogP contribution in [0.2, 0.25) is 0 Å². The predicted octanol–water partition coefficient (Wildman–Crippen LogP) is -0.359. The molecular weight excluding hydrogens is 144 g/mol. The van der Waals surface area contributed by atoms with E-state index in [2.05, 4.69) is 0 Å².